The van der Waals surface area contributed by atoms with Gasteiger partial charge in [-0.2, -0.15) is 0 Å². The van der Waals surface area contributed by atoms with E-state index in [9.17, 15) is 0 Å². The van der Waals surface area contributed by atoms with E-state index in [-0.39, 0.29) is 5.75 Å². The molecule has 1 saturated heterocycles. The molecule has 35 heteroatoms. The molecule has 0 radical (unpaired) electrons. The van der Waals surface area contributed by atoms with Gasteiger partial charge in [0, 0.05) is 144 Å². The number of nitrogens with zero attached hydrogens (tertiary/aromatic N) is 8. The first-order chi connectivity index (χ1) is 52.8. The number of likely N-dealkylation sites (tertiary alicyclic amines) is 1. The van der Waals surface area contributed by atoms with Crippen molar-refractivity contribution in [2.45, 2.75) is 51.9 Å². The lowest BCUT2D eigenvalue weighted by Crippen LogP contribution is -2.38. The molecule has 9 heterocycles. The lowest BCUT2D eigenvalue weighted by atomic mass is 10.1. The highest BCUT2D eigenvalue weighted by molar-refractivity contribution is 7.81. The van der Waals surface area contributed by atoms with Gasteiger partial charge in [-0.1, -0.05) is 90.8 Å². The number of thiazole rings is 6. The second kappa shape index (κ2) is 50.6. The smallest absolute Gasteiger partial charge is 0.188 e. The number of para-hydroxylation sites is 2. The summed E-state index contributed by atoms with van der Waals surface area (Å²) in [6.07, 6.45) is 21.9. The van der Waals surface area contributed by atoms with Crippen molar-refractivity contribution >= 4 is 214 Å². The highest BCUT2D eigenvalue weighted by Crippen LogP contribution is 2.20. The fraction of sp³-hybridized carbons (Fsp3) is 0.247. The number of phenolic OH excluding ortho intramolecular Hbond substituents is 1. The number of aryl methyl sites for hydroxylation is 1. The van der Waals surface area contributed by atoms with Crippen LogP contribution >= 0.6 is 141 Å². The molecule has 8 aromatic heterocycles. The summed E-state index contributed by atoms with van der Waals surface area (Å²) in [5, 5.41) is 67.4. The summed E-state index contributed by atoms with van der Waals surface area (Å²) in [7, 11) is 0. The number of hydrogen-bond acceptors (Lipinski definition) is 22. The molecular formula is C73H85N21O2S12. The van der Waals surface area contributed by atoms with Gasteiger partial charge in [0.05, 0.1) is 6.54 Å². The fourth-order valence-corrected chi connectivity index (χ4v) is 14.3. The third kappa shape index (κ3) is 35.8. The number of aromatic nitrogens is 8. The molecule has 23 nitrogen and oxygen atoms in total. The zero-order chi connectivity index (χ0) is 75.9. The van der Waals surface area contributed by atoms with Gasteiger partial charge in [-0.05, 0) is 185 Å². The maximum absolute atomic E-state index is 9.16. The molecule has 0 amide bonds. The van der Waals surface area contributed by atoms with Gasteiger partial charge in [0.15, 0.2) is 61.5 Å². The van der Waals surface area contributed by atoms with Crippen LogP contribution in [0.5, 0.6) is 11.5 Å². The summed E-state index contributed by atoms with van der Waals surface area (Å²) in [6, 6.07) is 39.6. The summed E-state index contributed by atoms with van der Waals surface area (Å²) in [5.41, 5.74) is 7.27. The molecule has 13 rings (SSSR count). The van der Waals surface area contributed by atoms with E-state index in [0.29, 0.717) is 43.8 Å². The molecule has 4 aromatic carbocycles. The van der Waals surface area contributed by atoms with Gasteiger partial charge in [-0.25, -0.2) is 29.9 Å². The van der Waals surface area contributed by atoms with Crippen LogP contribution in [0.3, 0.4) is 0 Å². The molecule has 0 spiro atoms. The van der Waals surface area contributed by atoms with E-state index in [4.69, 9.17) is 83.2 Å². The van der Waals surface area contributed by atoms with Gasteiger partial charge in [0.25, 0.3) is 0 Å². The van der Waals surface area contributed by atoms with Crippen molar-refractivity contribution < 1.29 is 9.84 Å². The van der Waals surface area contributed by atoms with Crippen LogP contribution in [0.25, 0.3) is 10.9 Å². The maximum atomic E-state index is 9.16. The van der Waals surface area contributed by atoms with Crippen LogP contribution in [0.1, 0.15) is 47.2 Å². The summed E-state index contributed by atoms with van der Waals surface area (Å²) in [6.45, 7) is 10.8. The van der Waals surface area contributed by atoms with E-state index < -0.39 is 0 Å². The number of anilines is 6. The number of piperidine rings is 1. The van der Waals surface area contributed by atoms with E-state index in [2.05, 4.69) is 164 Å². The molecule has 108 heavy (non-hydrogen) atoms. The van der Waals surface area contributed by atoms with E-state index in [1.807, 2.05) is 99.0 Å². The van der Waals surface area contributed by atoms with Gasteiger partial charge < -0.3 is 83.5 Å². The standard InChI is InChI=1S/C14H14N4S2.C13H15N3S2.2C12H13N3OS2.C11H18N4S2.C11H12N4S2/c19-13(18-14-16-7-8-20-14)15-6-5-10-9-17-12-4-2-1-3-11(10)12;1-10-2-4-11(5-3-10)6-7-14-12(17)16-13-15-8-9-18-13;16-10-3-1-9(2-4-10)5-6-13-11(17)15-12-14-7-8-18-12;17-11(15-12-14-7-9-18-12)13-6-8-16-10-4-2-1-3-5-10;16-10(14-11-13-5-9-17-11)12-4-8-15-6-2-1-3-7-15;16-10(15-11-14-7-8-17-11)13-6-4-9-3-1-2-5-12-9/h1-4,7-9,17H,5-6H2,(H2,15,16,18,19);2-5,8-9H,6-7H2,1H3,(H2,14,15,16,17);1-4,7-8,16H,5-6H2,(H2,13,14,15,17);1-5,7,9H,6,8H2,(H2,13,14,15,17);5,9H,1-4,6-8H2,(H2,12,13,14,16);1-3,5,7-8H,4,6H2,(H2,13,14,15,16). The molecular weight excluding hydrogens is 1590 g/mol. The minimum absolute atomic E-state index is 0.285. The SMILES string of the molecule is Cc1ccc(CCNC(=S)Nc2nccs2)cc1.Oc1ccc(CCNC(=S)Nc2nccs2)cc1.S=C(NCCN1CCCCC1)Nc1nccs1.S=C(NCCOc1ccccc1)Nc1nccs1.S=C(NCCc1c[nH]c2ccccc12)Nc1nccs1.S=C(NCCc1ccccn1)Nc1nccs1. The zero-order valence-corrected chi connectivity index (χ0v) is 68.8. The predicted octanol–water partition coefficient (Wildman–Crippen LogP) is 15.0. The number of benzene rings is 4. The number of rotatable bonds is 25. The summed E-state index contributed by atoms with van der Waals surface area (Å²) >= 11 is 40.2. The number of ether oxygens (including phenoxy) is 1. The first kappa shape index (κ1) is 84.7. The molecule has 1 aliphatic heterocycles. The lowest BCUT2D eigenvalue weighted by Gasteiger charge is -2.26. The predicted molar refractivity (Wildman–Crippen MR) is 477 cm³/mol. The lowest BCUT2D eigenvalue weighted by molar-refractivity contribution is 0.232. The molecule has 0 saturated carbocycles. The fourth-order valence-electron chi connectivity index (χ4n) is 9.48. The summed E-state index contributed by atoms with van der Waals surface area (Å²) in [5.74, 6) is 1.14. The number of aromatic hydroxyl groups is 1. The van der Waals surface area contributed by atoms with E-state index >= 15 is 0 Å². The normalized spacial score (nSPS) is 11.1. The third-order valence-electron chi connectivity index (χ3n) is 14.7. The van der Waals surface area contributed by atoms with Crippen molar-refractivity contribution in [2.75, 3.05) is 97.4 Å². The summed E-state index contributed by atoms with van der Waals surface area (Å²) in [4.78, 5) is 34.6. The van der Waals surface area contributed by atoms with Crippen molar-refractivity contribution in [3.63, 3.8) is 0 Å². The largest absolute Gasteiger partial charge is 0.508 e. The van der Waals surface area contributed by atoms with Gasteiger partial charge in [-0.3, -0.25) is 4.98 Å². The minimum Gasteiger partial charge on any atom is -0.508 e. The van der Waals surface area contributed by atoms with Crippen molar-refractivity contribution in [2.24, 2.45) is 0 Å². The molecule has 0 aliphatic carbocycles. The van der Waals surface area contributed by atoms with Crippen LogP contribution in [0.4, 0.5) is 30.8 Å². The Morgan fingerprint density at radius 3 is 1.25 bits per heavy atom. The number of phenols is 1. The Morgan fingerprint density at radius 2 is 0.815 bits per heavy atom. The Kier molecular flexibility index (Phi) is 39.7. The number of thiocarbonyl (C=S) groups is 6. The van der Waals surface area contributed by atoms with Gasteiger partial charge in [0.1, 0.15) is 18.1 Å². The van der Waals surface area contributed by atoms with Gasteiger partial charge >= 0.3 is 0 Å². The van der Waals surface area contributed by atoms with Crippen LogP contribution in [0.2, 0.25) is 0 Å². The second-order valence-corrected chi connectivity index (χ2v) is 30.5. The maximum Gasteiger partial charge on any atom is 0.188 e. The number of H-pyrrole nitrogens is 1. The molecule has 1 fully saturated rings. The van der Waals surface area contributed by atoms with Crippen LogP contribution in [0, 0.1) is 6.92 Å². The Bertz CT molecular complexity index is 4310. The molecule has 566 valence electrons. The van der Waals surface area contributed by atoms with E-state index in [1.165, 1.54) is 117 Å². The molecule has 1 aliphatic rings. The quantitative estimate of drug-likeness (QED) is 0.0187. The first-order valence-electron chi connectivity index (χ1n) is 34.2. The first-order valence-corrected chi connectivity index (χ1v) is 41.9. The number of aromatic amines is 1. The van der Waals surface area contributed by atoms with E-state index in [0.717, 1.165) is 113 Å². The Morgan fingerprint density at radius 1 is 0.417 bits per heavy atom. The average molecular weight is 1670 g/mol. The van der Waals surface area contributed by atoms with Crippen LogP contribution in [0.15, 0.2) is 203 Å². The molecule has 0 bridgehead atoms. The molecule has 12 aromatic rings. The van der Waals surface area contributed by atoms with Crippen LogP contribution in [-0.2, 0) is 25.7 Å². The third-order valence-corrected chi connectivity index (χ3v) is 20.3. The number of hydrogen-bond donors (Lipinski definition) is 14. The van der Waals surface area contributed by atoms with E-state index in [1.54, 1.807) is 66.8 Å². The van der Waals surface area contributed by atoms with Crippen molar-refractivity contribution in [1.29, 1.82) is 0 Å². The van der Waals surface area contributed by atoms with Crippen LogP contribution in [-0.4, -0.2) is 146 Å². The summed E-state index contributed by atoms with van der Waals surface area (Å²) < 4.78 is 5.53. The zero-order valence-electron chi connectivity index (χ0n) is 59.0. The monoisotopic (exact) mass is 1670 g/mol. The molecule has 0 atom stereocenters. The van der Waals surface area contributed by atoms with Crippen molar-refractivity contribution in [3.05, 3.63) is 231 Å². The number of nitrogens with one attached hydrogen (secondary N) is 13. The molecule has 0 unspecified atom stereocenters. The van der Waals surface area contributed by atoms with Crippen molar-refractivity contribution in [1.82, 2.24) is 76.7 Å². The van der Waals surface area contributed by atoms with Crippen LogP contribution < -0.4 is 68.5 Å². The second-order valence-electron chi connectivity index (χ2n) is 22.7. The Balaban J connectivity index is 0.000000163. The highest BCUT2D eigenvalue weighted by Gasteiger charge is 2.11. The molecule has 14 N–H and O–H groups in total. The average Bonchev–Trinajstić information content (AvgIpc) is 1.69. The van der Waals surface area contributed by atoms with Gasteiger partial charge in [-0.15, -0.1) is 68.0 Å². The number of fused-ring (bicyclic) bond motifs is 1. The highest BCUT2D eigenvalue weighted by atomic mass is 32.1. The Hall–Kier alpha value is -8.95. The minimum atomic E-state index is 0.285. The Labute approximate surface area is 685 Å². The topological polar surface area (TPSA) is 283 Å². The number of pyridine rings is 1. The van der Waals surface area contributed by atoms with Crippen molar-refractivity contribution in [3.8, 4) is 11.5 Å². The van der Waals surface area contributed by atoms with Gasteiger partial charge in [0.2, 0.25) is 0 Å².